The van der Waals surface area contributed by atoms with Gasteiger partial charge in [0.15, 0.2) is 0 Å². The minimum absolute atomic E-state index is 0.489. The predicted octanol–water partition coefficient (Wildman–Crippen LogP) is 4.10. The number of nitrogens with zero attached hydrogens (tertiary/aromatic N) is 1. The highest BCUT2D eigenvalue weighted by molar-refractivity contribution is 6.29. The Hall–Kier alpha value is -1.74. The minimum atomic E-state index is 0.489. The highest BCUT2D eigenvalue weighted by Gasteiger charge is 2.31. The molecule has 1 aliphatic rings. The van der Waals surface area contributed by atoms with Gasteiger partial charge in [-0.2, -0.15) is 0 Å². The number of aromatic nitrogens is 1. The summed E-state index contributed by atoms with van der Waals surface area (Å²) in [7, 11) is 1.73. The van der Waals surface area contributed by atoms with Gasteiger partial charge in [0.25, 0.3) is 0 Å². The average Bonchev–Trinajstić information content (AvgIpc) is 2.42. The Morgan fingerprint density at radius 3 is 2.80 bits per heavy atom. The summed E-state index contributed by atoms with van der Waals surface area (Å²) in [4.78, 5) is 3.99. The number of nitrogens with one attached hydrogen (secondary N) is 1. The van der Waals surface area contributed by atoms with E-state index in [1.807, 2.05) is 24.3 Å². The van der Waals surface area contributed by atoms with Crippen LogP contribution in [-0.2, 0) is 0 Å². The molecule has 1 aliphatic carbocycles. The van der Waals surface area contributed by atoms with E-state index < -0.39 is 0 Å². The maximum Gasteiger partial charge on any atom is 0.131 e. The third-order valence-corrected chi connectivity index (χ3v) is 4.02. The fourth-order valence-electron chi connectivity index (χ4n) is 2.72. The molecule has 4 heteroatoms. The van der Waals surface area contributed by atoms with Crippen molar-refractivity contribution in [3.8, 4) is 5.75 Å². The lowest BCUT2D eigenvalue weighted by Crippen LogP contribution is -2.34. The number of rotatable bonds is 4. The summed E-state index contributed by atoms with van der Waals surface area (Å²) in [6, 6.07) is 12.6. The summed E-state index contributed by atoms with van der Waals surface area (Å²) >= 11 is 5.89. The first-order valence-corrected chi connectivity index (χ1v) is 7.15. The number of pyridine rings is 1. The summed E-state index contributed by atoms with van der Waals surface area (Å²) in [5.41, 5.74) is 2.34. The van der Waals surface area contributed by atoms with Crippen LogP contribution in [0.25, 0.3) is 0 Å². The second kappa shape index (κ2) is 5.71. The van der Waals surface area contributed by atoms with Gasteiger partial charge in [0.1, 0.15) is 10.9 Å². The molecule has 0 bridgehead atoms. The molecule has 0 aliphatic heterocycles. The molecule has 3 nitrogen and oxygen atoms in total. The molecule has 1 fully saturated rings. The lowest BCUT2D eigenvalue weighted by molar-refractivity contribution is 0.350. The van der Waals surface area contributed by atoms with E-state index in [1.165, 1.54) is 5.56 Å². The number of hydrogen-bond acceptors (Lipinski definition) is 3. The second-order valence-corrected chi connectivity index (χ2v) is 5.51. The van der Waals surface area contributed by atoms with E-state index in [9.17, 15) is 0 Å². The number of hydrogen-bond donors (Lipinski definition) is 1. The van der Waals surface area contributed by atoms with Crippen LogP contribution in [0.4, 0.5) is 5.69 Å². The Kier molecular flexibility index (Phi) is 3.79. The fourth-order valence-corrected chi connectivity index (χ4v) is 2.90. The zero-order valence-corrected chi connectivity index (χ0v) is 12.1. The van der Waals surface area contributed by atoms with Crippen molar-refractivity contribution in [1.29, 1.82) is 0 Å². The van der Waals surface area contributed by atoms with Crippen molar-refractivity contribution >= 4 is 17.3 Å². The van der Waals surface area contributed by atoms with Gasteiger partial charge in [0, 0.05) is 17.9 Å². The molecule has 1 N–H and O–H groups in total. The quantitative estimate of drug-likeness (QED) is 0.860. The van der Waals surface area contributed by atoms with Crippen LogP contribution in [0.3, 0.4) is 0 Å². The Labute approximate surface area is 123 Å². The molecule has 1 aromatic heterocycles. The van der Waals surface area contributed by atoms with Gasteiger partial charge < -0.3 is 10.1 Å². The molecule has 3 rings (SSSR count). The molecule has 0 amide bonds. The Morgan fingerprint density at radius 2 is 2.05 bits per heavy atom. The summed E-state index contributed by atoms with van der Waals surface area (Å²) < 4.78 is 5.43. The lowest BCUT2D eigenvalue weighted by Gasteiger charge is -2.37. The largest absolute Gasteiger partial charge is 0.496 e. The highest BCUT2D eigenvalue weighted by Crippen LogP contribution is 2.42. The van der Waals surface area contributed by atoms with Gasteiger partial charge in [0.05, 0.1) is 7.11 Å². The third kappa shape index (κ3) is 2.73. The molecular formula is C16H17ClN2O. The molecule has 1 heterocycles. The van der Waals surface area contributed by atoms with Gasteiger partial charge in [-0.1, -0.05) is 29.8 Å². The van der Waals surface area contributed by atoms with Crippen LogP contribution in [0.1, 0.15) is 24.3 Å². The molecule has 0 radical (unpaired) electrons. The van der Waals surface area contributed by atoms with E-state index in [1.54, 1.807) is 13.3 Å². The number of para-hydroxylation sites is 1. The number of halogens is 1. The van der Waals surface area contributed by atoms with Gasteiger partial charge >= 0.3 is 0 Å². The van der Waals surface area contributed by atoms with Crippen molar-refractivity contribution in [1.82, 2.24) is 4.98 Å². The standard InChI is InChI=1S/C16H17ClN2O/c1-20-15-5-3-2-4-14(15)11-8-13(9-11)19-12-6-7-18-16(17)10-12/h2-7,10-11,13H,8-9H2,1H3,(H,18,19). The summed E-state index contributed by atoms with van der Waals surface area (Å²) in [6.07, 6.45) is 3.95. The zero-order valence-electron chi connectivity index (χ0n) is 11.3. The van der Waals surface area contributed by atoms with Crippen LogP contribution < -0.4 is 10.1 Å². The maximum atomic E-state index is 5.89. The van der Waals surface area contributed by atoms with Crippen molar-refractivity contribution in [2.24, 2.45) is 0 Å². The van der Waals surface area contributed by atoms with Crippen LogP contribution in [0, 0.1) is 0 Å². The van der Waals surface area contributed by atoms with Crippen molar-refractivity contribution in [3.05, 3.63) is 53.3 Å². The Morgan fingerprint density at radius 1 is 1.25 bits per heavy atom. The lowest BCUT2D eigenvalue weighted by atomic mass is 9.75. The van der Waals surface area contributed by atoms with Gasteiger partial charge in [-0.3, -0.25) is 0 Å². The smallest absolute Gasteiger partial charge is 0.131 e. The summed E-state index contributed by atoms with van der Waals surface area (Å²) in [6.45, 7) is 0. The average molecular weight is 289 g/mol. The summed E-state index contributed by atoms with van der Waals surface area (Å²) in [5.74, 6) is 1.56. The molecule has 104 valence electrons. The minimum Gasteiger partial charge on any atom is -0.496 e. The van der Waals surface area contributed by atoms with Crippen molar-refractivity contribution in [3.63, 3.8) is 0 Å². The zero-order chi connectivity index (χ0) is 13.9. The van der Waals surface area contributed by atoms with Crippen LogP contribution in [0.5, 0.6) is 5.75 Å². The third-order valence-electron chi connectivity index (χ3n) is 3.81. The molecule has 0 unspecified atom stereocenters. The molecule has 0 atom stereocenters. The van der Waals surface area contributed by atoms with Gasteiger partial charge in [-0.15, -0.1) is 0 Å². The first-order chi connectivity index (χ1) is 9.76. The number of benzene rings is 1. The topological polar surface area (TPSA) is 34.1 Å². The number of methoxy groups -OCH3 is 1. The van der Waals surface area contributed by atoms with Gasteiger partial charge in [0.2, 0.25) is 0 Å². The number of ether oxygens (including phenoxy) is 1. The SMILES string of the molecule is COc1ccccc1C1CC(Nc2ccnc(Cl)c2)C1. The molecule has 2 aromatic rings. The van der Waals surface area contributed by atoms with E-state index in [4.69, 9.17) is 16.3 Å². The summed E-state index contributed by atoms with van der Waals surface area (Å²) in [5, 5.41) is 4.01. The molecule has 0 spiro atoms. The van der Waals surface area contributed by atoms with Crippen molar-refractivity contribution in [2.45, 2.75) is 24.8 Å². The normalized spacial score (nSPS) is 21.1. The fraction of sp³-hybridized carbons (Fsp3) is 0.312. The molecule has 1 saturated carbocycles. The van der Waals surface area contributed by atoms with Crippen LogP contribution in [0.2, 0.25) is 5.15 Å². The van der Waals surface area contributed by atoms with Crippen LogP contribution in [-0.4, -0.2) is 18.1 Å². The molecule has 1 aromatic carbocycles. The molecular weight excluding hydrogens is 272 g/mol. The predicted molar refractivity (Wildman–Crippen MR) is 81.6 cm³/mol. The van der Waals surface area contributed by atoms with E-state index in [-0.39, 0.29) is 0 Å². The van der Waals surface area contributed by atoms with Gasteiger partial charge in [-0.25, -0.2) is 4.98 Å². The van der Waals surface area contributed by atoms with E-state index in [0.717, 1.165) is 24.3 Å². The van der Waals surface area contributed by atoms with Crippen molar-refractivity contribution in [2.75, 3.05) is 12.4 Å². The van der Waals surface area contributed by atoms with Crippen LogP contribution in [0.15, 0.2) is 42.6 Å². The first kappa shape index (κ1) is 13.3. The Balaban J connectivity index is 1.61. The first-order valence-electron chi connectivity index (χ1n) is 6.77. The monoisotopic (exact) mass is 288 g/mol. The van der Waals surface area contributed by atoms with E-state index in [0.29, 0.717) is 17.1 Å². The molecule has 20 heavy (non-hydrogen) atoms. The van der Waals surface area contributed by atoms with E-state index >= 15 is 0 Å². The van der Waals surface area contributed by atoms with E-state index in [2.05, 4.69) is 22.4 Å². The van der Waals surface area contributed by atoms with Gasteiger partial charge in [-0.05, 0) is 42.5 Å². The molecule has 0 saturated heterocycles. The second-order valence-electron chi connectivity index (χ2n) is 5.12. The highest BCUT2D eigenvalue weighted by atomic mass is 35.5. The van der Waals surface area contributed by atoms with Crippen LogP contribution >= 0.6 is 11.6 Å². The number of anilines is 1. The van der Waals surface area contributed by atoms with Crippen molar-refractivity contribution < 1.29 is 4.74 Å². The Bertz CT molecular complexity index is 597. The maximum absolute atomic E-state index is 5.89.